The third kappa shape index (κ3) is 3.53. The highest BCUT2D eigenvalue weighted by Crippen LogP contribution is 2.49. The van der Waals surface area contributed by atoms with Crippen molar-refractivity contribution in [2.24, 2.45) is 0 Å². The number of benzene rings is 3. The molecule has 0 amide bonds. The zero-order valence-electron chi connectivity index (χ0n) is 18.2. The highest BCUT2D eigenvalue weighted by Gasteiger charge is 2.25. The fraction of sp³-hybridized carbons (Fsp3) is 0.179. The van der Waals surface area contributed by atoms with Gasteiger partial charge in [0, 0.05) is 29.0 Å². The maximum Gasteiger partial charge on any atom is 0.213 e. The predicted molar refractivity (Wildman–Crippen MR) is 134 cm³/mol. The van der Waals surface area contributed by atoms with Gasteiger partial charge in [-0.05, 0) is 49.9 Å². The van der Waals surface area contributed by atoms with Crippen molar-refractivity contribution in [2.45, 2.75) is 31.7 Å². The molecule has 5 rings (SSSR count). The molecule has 0 saturated heterocycles. The second-order valence-electron chi connectivity index (χ2n) is 8.13. The minimum absolute atomic E-state index is 0.436. The van der Waals surface area contributed by atoms with Crippen LogP contribution in [0.4, 0.5) is 5.69 Å². The van der Waals surface area contributed by atoms with E-state index >= 15 is 0 Å². The van der Waals surface area contributed by atoms with Crippen LogP contribution in [0, 0.1) is 0 Å². The first-order valence-electron chi connectivity index (χ1n) is 11.0. The second-order valence-corrected chi connectivity index (χ2v) is 9.20. The Labute approximate surface area is 188 Å². The summed E-state index contributed by atoms with van der Waals surface area (Å²) in [6.07, 6.45) is 8.88. The zero-order valence-corrected chi connectivity index (χ0v) is 19.1. The summed E-state index contributed by atoms with van der Waals surface area (Å²) in [5, 5.41) is 5.19. The first-order chi connectivity index (χ1) is 15.2. The minimum atomic E-state index is 0.436. The second kappa shape index (κ2) is 8.24. The van der Waals surface area contributed by atoms with Crippen molar-refractivity contribution >= 4 is 45.2 Å². The quantitative estimate of drug-likeness (QED) is 0.317. The SMILES string of the molecule is CCN1C(=CC=Cc2cc[n+](C(C)C)c3ccccc23)Sc2ccc3ccccc3c21. The predicted octanol–water partition coefficient (Wildman–Crippen LogP) is 7.35. The topological polar surface area (TPSA) is 7.12 Å². The lowest BCUT2D eigenvalue weighted by Gasteiger charge is -2.19. The van der Waals surface area contributed by atoms with E-state index in [4.69, 9.17) is 0 Å². The van der Waals surface area contributed by atoms with Gasteiger partial charge >= 0.3 is 0 Å². The molecule has 0 unspecified atom stereocenters. The Morgan fingerprint density at radius 1 is 0.935 bits per heavy atom. The molecule has 2 heterocycles. The standard InChI is InChI=1S/C28H27N2S/c1-4-29-27(31-26-17-16-21-10-5-6-13-24(21)28(26)29)15-9-11-22-18-19-30(20(2)3)25-14-8-7-12-23(22)25/h5-20H,4H2,1-3H3/q+1. The highest BCUT2D eigenvalue weighted by atomic mass is 32.2. The molecular weight excluding hydrogens is 396 g/mol. The smallest absolute Gasteiger partial charge is 0.213 e. The molecule has 0 aliphatic carbocycles. The van der Waals surface area contributed by atoms with E-state index in [1.54, 1.807) is 0 Å². The molecule has 154 valence electrons. The molecule has 0 N–H and O–H groups in total. The van der Waals surface area contributed by atoms with Crippen molar-refractivity contribution in [2.75, 3.05) is 11.4 Å². The van der Waals surface area contributed by atoms with Crippen molar-refractivity contribution in [3.63, 3.8) is 0 Å². The Hall–Kier alpha value is -3.04. The van der Waals surface area contributed by atoms with Crippen molar-refractivity contribution in [1.82, 2.24) is 0 Å². The number of hydrogen-bond donors (Lipinski definition) is 0. The highest BCUT2D eigenvalue weighted by molar-refractivity contribution is 8.03. The number of hydrogen-bond acceptors (Lipinski definition) is 2. The van der Waals surface area contributed by atoms with Gasteiger partial charge < -0.3 is 4.90 Å². The van der Waals surface area contributed by atoms with Crippen LogP contribution in [0.1, 0.15) is 32.4 Å². The maximum absolute atomic E-state index is 2.43. The third-order valence-corrected chi connectivity index (χ3v) is 7.02. The van der Waals surface area contributed by atoms with Crippen LogP contribution in [-0.4, -0.2) is 6.54 Å². The maximum atomic E-state index is 2.43. The Bertz CT molecular complexity index is 1330. The van der Waals surface area contributed by atoms with E-state index in [1.807, 2.05) is 11.8 Å². The lowest BCUT2D eigenvalue weighted by atomic mass is 10.1. The van der Waals surface area contributed by atoms with E-state index in [2.05, 4.69) is 121 Å². The molecule has 4 aromatic rings. The van der Waals surface area contributed by atoms with Crippen molar-refractivity contribution in [3.05, 3.63) is 95.7 Å². The van der Waals surface area contributed by atoms with Crippen molar-refractivity contribution < 1.29 is 4.57 Å². The fourth-order valence-corrected chi connectivity index (χ4v) is 5.57. The monoisotopic (exact) mass is 423 g/mol. The number of rotatable bonds is 4. The number of allylic oxidation sites excluding steroid dienone is 2. The van der Waals surface area contributed by atoms with Crippen LogP contribution in [0.5, 0.6) is 0 Å². The normalized spacial score (nSPS) is 15.1. The van der Waals surface area contributed by atoms with Crippen LogP contribution >= 0.6 is 11.8 Å². The molecule has 1 aliphatic heterocycles. The van der Waals surface area contributed by atoms with Gasteiger partial charge in [0.2, 0.25) is 5.52 Å². The summed E-state index contributed by atoms with van der Waals surface area (Å²) in [5.41, 5.74) is 3.86. The lowest BCUT2D eigenvalue weighted by Crippen LogP contribution is -2.36. The molecule has 0 radical (unpaired) electrons. The van der Waals surface area contributed by atoms with Crippen LogP contribution in [0.15, 0.2) is 95.0 Å². The molecule has 0 bridgehead atoms. The summed E-state index contributed by atoms with van der Waals surface area (Å²) in [6, 6.07) is 24.5. The van der Waals surface area contributed by atoms with Crippen molar-refractivity contribution in [3.8, 4) is 0 Å². The lowest BCUT2D eigenvalue weighted by molar-refractivity contribution is -0.691. The van der Waals surface area contributed by atoms with Crippen LogP contribution in [0.25, 0.3) is 27.8 Å². The molecular formula is C28H27N2S+. The van der Waals surface area contributed by atoms with E-state index in [9.17, 15) is 0 Å². The Balaban J connectivity index is 1.51. The summed E-state index contributed by atoms with van der Waals surface area (Å²) in [6.45, 7) is 7.63. The Morgan fingerprint density at radius 2 is 1.71 bits per heavy atom. The zero-order chi connectivity index (χ0) is 21.4. The van der Waals surface area contributed by atoms with Gasteiger partial charge in [-0.25, -0.2) is 0 Å². The van der Waals surface area contributed by atoms with Crippen LogP contribution < -0.4 is 9.47 Å². The first-order valence-corrected chi connectivity index (χ1v) is 11.8. The molecule has 0 atom stereocenters. The Morgan fingerprint density at radius 3 is 2.52 bits per heavy atom. The van der Waals surface area contributed by atoms with E-state index in [0.717, 1.165) is 6.54 Å². The molecule has 0 spiro atoms. The van der Waals surface area contributed by atoms with Gasteiger partial charge in [0.25, 0.3) is 0 Å². The third-order valence-electron chi connectivity index (χ3n) is 5.91. The summed E-state index contributed by atoms with van der Waals surface area (Å²) >= 11 is 1.86. The molecule has 1 aliphatic rings. The molecule has 0 saturated carbocycles. The largest absolute Gasteiger partial charge is 0.335 e. The molecule has 31 heavy (non-hydrogen) atoms. The van der Waals surface area contributed by atoms with E-state index < -0.39 is 0 Å². The number of anilines is 1. The number of fused-ring (bicyclic) bond motifs is 4. The first kappa shape index (κ1) is 19.9. The summed E-state index contributed by atoms with van der Waals surface area (Å²) in [4.78, 5) is 3.77. The minimum Gasteiger partial charge on any atom is -0.335 e. The van der Waals surface area contributed by atoms with Crippen LogP contribution in [0.3, 0.4) is 0 Å². The van der Waals surface area contributed by atoms with Gasteiger partial charge in [-0.2, -0.15) is 4.57 Å². The molecule has 2 nitrogen and oxygen atoms in total. The molecule has 3 heteroatoms. The van der Waals surface area contributed by atoms with E-state index in [1.165, 1.54) is 42.9 Å². The van der Waals surface area contributed by atoms with Crippen LogP contribution in [0.2, 0.25) is 0 Å². The van der Waals surface area contributed by atoms with E-state index in [-0.39, 0.29) is 0 Å². The summed E-state index contributed by atoms with van der Waals surface area (Å²) in [7, 11) is 0. The summed E-state index contributed by atoms with van der Waals surface area (Å²) in [5.74, 6) is 0. The van der Waals surface area contributed by atoms with Gasteiger partial charge in [0.05, 0.1) is 16.1 Å². The average Bonchev–Trinajstić information content (AvgIpc) is 3.17. The number of para-hydroxylation sites is 1. The number of nitrogens with zero attached hydrogens (tertiary/aromatic N) is 2. The van der Waals surface area contributed by atoms with Crippen molar-refractivity contribution in [1.29, 1.82) is 0 Å². The van der Waals surface area contributed by atoms with Gasteiger partial charge in [-0.3, -0.25) is 0 Å². The number of thioether (sulfide) groups is 1. The molecule has 1 aromatic heterocycles. The van der Waals surface area contributed by atoms with Gasteiger partial charge in [0.1, 0.15) is 0 Å². The molecule has 3 aromatic carbocycles. The molecule has 0 fully saturated rings. The fourth-order valence-electron chi connectivity index (χ4n) is 4.42. The van der Waals surface area contributed by atoms with Crippen LogP contribution in [-0.2, 0) is 0 Å². The van der Waals surface area contributed by atoms with Gasteiger partial charge in [-0.1, -0.05) is 66.4 Å². The number of pyridine rings is 1. The Kier molecular flexibility index (Phi) is 5.29. The summed E-state index contributed by atoms with van der Waals surface area (Å²) < 4.78 is 2.33. The average molecular weight is 424 g/mol. The van der Waals surface area contributed by atoms with E-state index in [0.29, 0.717) is 6.04 Å². The van der Waals surface area contributed by atoms with Gasteiger partial charge in [0.15, 0.2) is 12.2 Å². The van der Waals surface area contributed by atoms with Gasteiger partial charge in [-0.15, -0.1) is 0 Å². The number of aromatic nitrogens is 1.